The van der Waals surface area contributed by atoms with Gasteiger partial charge in [-0.1, -0.05) is 43.0 Å². The average Bonchev–Trinajstić information content (AvgIpc) is 2.34. The molecular weight excluding hydrogens is 232 g/mol. The van der Waals surface area contributed by atoms with Crippen LogP contribution >= 0.6 is 11.8 Å². The zero-order valence-corrected chi connectivity index (χ0v) is 10.9. The van der Waals surface area contributed by atoms with Crippen LogP contribution in [0.15, 0.2) is 43.0 Å². The smallest absolute Gasteiger partial charge is 0.303 e. The normalized spacial score (nSPS) is 11.8. The molecule has 0 saturated heterocycles. The first-order valence-electron chi connectivity index (χ1n) is 5.64. The maximum absolute atomic E-state index is 10.8. The lowest BCUT2D eigenvalue weighted by Crippen LogP contribution is -2.14. The lowest BCUT2D eigenvalue weighted by Gasteiger charge is -2.12. The summed E-state index contributed by atoms with van der Waals surface area (Å²) in [6.45, 7) is 5.09. The van der Waals surface area contributed by atoms with Crippen LogP contribution in [-0.2, 0) is 15.3 Å². The highest BCUT2D eigenvalue weighted by molar-refractivity contribution is 7.98. The molecule has 0 N–H and O–H groups in total. The van der Waals surface area contributed by atoms with Crippen molar-refractivity contribution in [1.82, 2.24) is 0 Å². The van der Waals surface area contributed by atoms with E-state index in [9.17, 15) is 4.79 Å². The molecule has 0 amide bonds. The molecule has 92 valence electrons. The van der Waals surface area contributed by atoms with Crippen LogP contribution < -0.4 is 0 Å². The Hall–Kier alpha value is -1.22. The average molecular weight is 250 g/mol. The third-order valence-corrected chi connectivity index (χ3v) is 3.30. The van der Waals surface area contributed by atoms with Crippen LogP contribution in [0.4, 0.5) is 0 Å². The fourth-order valence-corrected chi connectivity index (χ4v) is 2.37. The maximum Gasteiger partial charge on any atom is 0.303 e. The minimum atomic E-state index is -0.247. The minimum absolute atomic E-state index is 0.157. The molecule has 0 saturated carbocycles. The Morgan fingerprint density at radius 2 is 2.18 bits per heavy atom. The summed E-state index contributed by atoms with van der Waals surface area (Å²) in [7, 11) is 0. The highest BCUT2D eigenvalue weighted by Crippen LogP contribution is 2.14. The van der Waals surface area contributed by atoms with E-state index in [2.05, 4.69) is 18.7 Å². The number of esters is 1. The highest BCUT2D eigenvalue weighted by atomic mass is 32.2. The molecule has 0 aromatic heterocycles. The molecule has 0 aliphatic heterocycles. The van der Waals surface area contributed by atoms with Crippen molar-refractivity contribution in [1.29, 1.82) is 0 Å². The molecule has 3 heteroatoms. The number of hydrogen-bond acceptors (Lipinski definition) is 3. The molecule has 0 fully saturated rings. The van der Waals surface area contributed by atoms with Crippen molar-refractivity contribution in [2.45, 2.75) is 25.2 Å². The van der Waals surface area contributed by atoms with E-state index in [1.54, 1.807) is 6.08 Å². The number of benzene rings is 1. The van der Waals surface area contributed by atoms with Crippen molar-refractivity contribution in [2.24, 2.45) is 0 Å². The summed E-state index contributed by atoms with van der Waals surface area (Å²) in [5, 5.41) is 0. The molecule has 0 aliphatic carbocycles. The van der Waals surface area contributed by atoms with E-state index in [4.69, 9.17) is 4.74 Å². The third kappa shape index (κ3) is 6.17. The summed E-state index contributed by atoms with van der Waals surface area (Å²) in [6.07, 6.45) is 2.35. The van der Waals surface area contributed by atoms with Gasteiger partial charge in [0.05, 0.1) is 0 Å². The second kappa shape index (κ2) is 7.96. The van der Waals surface area contributed by atoms with Gasteiger partial charge in [0.25, 0.3) is 0 Å². The van der Waals surface area contributed by atoms with Gasteiger partial charge in [-0.15, -0.1) is 0 Å². The summed E-state index contributed by atoms with van der Waals surface area (Å²) in [5.74, 6) is 1.70. The second-order valence-electron chi connectivity index (χ2n) is 3.71. The summed E-state index contributed by atoms with van der Waals surface area (Å²) < 4.78 is 5.08. The SMILES string of the molecule is C=CC(CCSCc1ccccc1)OC(C)=O. The predicted molar refractivity (Wildman–Crippen MR) is 73.0 cm³/mol. The number of rotatable bonds is 7. The van der Waals surface area contributed by atoms with Gasteiger partial charge in [0.15, 0.2) is 0 Å². The molecule has 0 bridgehead atoms. The largest absolute Gasteiger partial charge is 0.458 e. The van der Waals surface area contributed by atoms with Gasteiger partial charge >= 0.3 is 5.97 Å². The Morgan fingerprint density at radius 3 is 2.76 bits per heavy atom. The van der Waals surface area contributed by atoms with Crippen LogP contribution in [0.1, 0.15) is 18.9 Å². The molecule has 1 aromatic rings. The van der Waals surface area contributed by atoms with Gasteiger partial charge in [0.1, 0.15) is 6.10 Å². The Labute approximate surface area is 107 Å². The highest BCUT2D eigenvalue weighted by Gasteiger charge is 2.06. The topological polar surface area (TPSA) is 26.3 Å². The maximum atomic E-state index is 10.8. The van der Waals surface area contributed by atoms with Crippen molar-refractivity contribution < 1.29 is 9.53 Å². The van der Waals surface area contributed by atoms with E-state index in [1.165, 1.54) is 12.5 Å². The Morgan fingerprint density at radius 1 is 1.47 bits per heavy atom. The Bertz CT molecular complexity index is 348. The van der Waals surface area contributed by atoms with E-state index in [0.717, 1.165) is 17.9 Å². The van der Waals surface area contributed by atoms with Crippen molar-refractivity contribution in [3.63, 3.8) is 0 Å². The van der Waals surface area contributed by atoms with E-state index in [0.29, 0.717) is 0 Å². The first-order chi connectivity index (χ1) is 8.22. The molecule has 1 rings (SSSR count). The summed E-state index contributed by atoms with van der Waals surface area (Å²) in [6, 6.07) is 10.3. The molecule has 0 spiro atoms. The minimum Gasteiger partial charge on any atom is -0.458 e. The lowest BCUT2D eigenvalue weighted by atomic mass is 10.2. The van der Waals surface area contributed by atoms with Crippen molar-refractivity contribution in [3.8, 4) is 0 Å². The third-order valence-electron chi connectivity index (χ3n) is 2.24. The van der Waals surface area contributed by atoms with E-state index in [1.807, 2.05) is 30.0 Å². The first kappa shape index (κ1) is 13.8. The lowest BCUT2D eigenvalue weighted by molar-refractivity contribution is -0.144. The quantitative estimate of drug-likeness (QED) is 0.421. The monoisotopic (exact) mass is 250 g/mol. The van der Waals surface area contributed by atoms with Crippen LogP contribution in [0.5, 0.6) is 0 Å². The molecule has 1 aromatic carbocycles. The molecule has 0 radical (unpaired) electrons. The van der Waals surface area contributed by atoms with Gasteiger partial charge in [-0.25, -0.2) is 0 Å². The van der Waals surface area contributed by atoms with Gasteiger partial charge in [0.2, 0.25) is 0 Å². The molecule has 2 nitrogen and oxygen atoms in total. The van der Waals surface area contributed by atoms with Crippen molar-refractivity contribution >= 4 is 17.7 Å². The van der Waals surface area contributed by atoms with Crippen LogP contribution in [0, 0.1) is 0 Å². The fraction of sp³-hybridized carbons (Fsp3) is 0.357. The van der Waals surface area contributed by atoms with Crippen LogP contribution in [-0.4, -0.2) is 17.8 Å². The molecule has 0 aliphatic rings. The second-order valence-corrected chi connectivity index (χ2v) is 4.82. The van der Waals surface area contributed by atoms with Crippen LogP contribution in [0.3, 0.4) is 0 Å². The molecule has 1 atom stereocenters. The van der Waals surface area contributed by atoms with E-state index in [-0.39, 0.29) is 12.1 Å². The van der Waals surface area contributed by atoms with Crippen LogP contribution in [0.25, 0.3) is 0 Å². The Balaban J connectivity index is 2.19. The Kier molecular flexibility index (Phi) is 6.48. The van der Waals surface area contributed by atoms with Gasteiger partial charge in [0, 0.05) is 12.7 Å². The molecule has 17 heavy (non-hydrogen) atoms. The summed E-state index contributed by atoms with van der Waals surface area (Å²) >= 11 is 1.84. The number of carbonyl (C=O) groups excluding carboxylic acids is 1. The zero-order chi connectivity index (χ0) is 12.5. The van der Waals surface area contributed by atoms with Crippen LogP contribution in [0.2, 0.25) is 0 Å². The number of carbonyl (C=O) groups is 1. The van der Waals surface area contributed by atoms with E-state index < -0.39 is 0 Å². The fourth-order valence-electron chi connectivity index (χ4n) is 1.40. The summed E-state index contributed by atoms with van der Waals surface area (Å²) in [4.78, 5) is 10.8. The van der Waals surface area contributed by atoms with Gasteiger partial charge in [-0.2, -0.15) is 11.8 Å². The number of thioether (sulfide) groups is 1. The van der Waals surface area contributed by atoms with Crippen molar-refractivity contribution in [2.75, 3.05) is 5.75 Å². The van der Waals surface area contributed by atoms with Gasteiger partial charge in [-0.3, -0.25) is 4.79 Å². The number of hydrogen-bond donors (Lipinski definition) is 0. The van der Waals surface area contributed by atoms with Gasteiger partial charge in [-0.05, 0) is 17.7 Å². The zero-order valence-electron chi connectivity index (χ0n) is 10.1. The van der Waals surface area contributed by atoms with Gasteiger partial charge < -0.3 is 4.74 Å². The van der Waals surface area contributed by atoms with E-state index >= 15 is 0 Å². The summed E-state index contributed by atoms with van der Waals surface area (Å²) in [5.41, 5.74) is 1.32. The first-order valence-corrected chi connectivity index (χ1v) is 6.79. The molecular formula is C14H18O2S. The standard InChI is InChI=1S/C14H18O2S/c1-3-14(16-12(2)15)9-10-17-11-13-7-5-4-6-8-13/h3-8,14H,1,9-11H2,2H3. The van der Waals surface area contributed by atoms with Crippen molar-refractivity contribution in [3.05, 3.63) is 48.6 Å². The molecule has 0 heterocycles. The molecule has 1 unspecified atom stereocenters. The predicted octanol–water partition coefficient (Wildman–Crippen LogP) is 3.43. The number of ether oxygens (including phenoxy) is 1.